The van der Waals surface area contributed by atoms with Crippen molar-refractivity contribution in [2.24, 2.45) is 11.3 Å². The van der Waals surface area contributed by atoms with Gasteiger partial charge in [-0.3, -0.25) is 0 Å². The van der Waals surface area contributed by atoms with E-state index in [0.717, 1.165) is 32.5 Å². The molecule has 0 spiro atoms. The van der Waals surface area contributed by atoms with Crippen molar-refractivity contribution >= 4 is 0 Å². The Bertz CT molecular complexity index is 196. The molecular formula is C12H25NO3. The molecule has 16 heavy (non-hydrogen) atoms. The van der Waals surface area contributed by atoms with Crippen molar-refractivity contribution in [1.82, 2.24) is 4.90 Å². The minimum Gasteiger partial charge on any atom is -0.396 e. The third-order valence-corrected chi connectivity index (χ3v) is 3.68. The molecule has 4 heteroatoms. The van der Waals surface area contributed by atoms with Crippen molar-refractivity contribution in [3.8, 4) is 0 Å². The van der Waals surface area contributed by atoms with Crippen LogP contribution >= 0.6 is 0 Å². The fourth-order valence-corrected chi connectivity index (χ4v) is 2.28. The zero-order valence-electron chi connectivity index (χ0n) is 10.4. The highest BCUT2D eigenvalue weighted by molar-refractivity contribution is 4.81. The Balaban J connectivity index is 2.37. The molecule has 1 saturated heterocycles. The Kier molecular flexibility index (Phi) is 5.18. The lowest BCUT2D eigenvalue weighted by Crippen LogP contribution is -2.45. The normalized spacial score (nSPS) is 22.3. The molecule has 0 aromatic carbocycles. The van der Waals surface area contributed by atoms with Crippen LogP contribution in [0, 0.1) is 11.3 Å². The average Bonchev–Trinajstić information content (AvgIpc) is 2.29. The Morgan fingerprint density at radius 2 is 1.75 bits per heavy atom. The van der Waals surface area contributed by atoms with Crippen molar-refractivity contribution in [2.75, 3.05) is 32.8 Å². The molecule has 1 aliphatic heterocycles. The molecule has 96 valence electrons. The van der Waals surface area contributed by atoms with Gasteiger partial charge in [0.15, 0.2) is 0 Å². The quantitative estimate of drug-likeness (QED) is 0.626. The van der Waals surface area contributed by atoms with Crippen molar-refractivity contribution < 1.29 is 15.3 Å². The van der Waals surface area contributed by atoms with Crippen LogP contribution < -0.4 is 0 Å². The lowest BCUT2D eigenvalue weighted by molar-refractivity contribution is 0.0121. The molecule has 3 N–H and O–H groups in total. The van der Waals surface area contributed by atoms with Gasteiger partial charge in [0.05, 0.1) is 19.3 Å². The lowest BCUT2D eigenvalue weighted by atomic mass is 9.88. The maximum atomic E-state index is 9.49. The van der Waals surface area contributed by atoms with Crippen LogP contribution in [-0.2, 0) is 0 Å². The van der Waals surface area contributed by atoms with Gasteiger partial charge in [0.2, 0.25) is 0 Å². The first-order valence-electron chi connectivity index (χ1n) is 6.13. The highest BCUT2D eigenvalue weighted by atomic mass is 16.3. The summed E-state index contributed by atoms with van der Waals surface area (Å²) in [5.74, 6) is 0.408. The van der Waals surface area contributed by atoms with E-state index in [1.54, 1.807) is 0 Å². The zero-order valence-corrected chi connectivity index (χ0v) is 10.4. The van der Waals surface area contributed by atoms with E-state index in [1.807, 2.05) is 13.8 Å². The number of nitrogens with zero attached hydrogens (tertiary/aromatic N) is 1. The predicted octanol–water partition coefficient (Wildman–Crippen LogP) is 0.0701. The molecule has 0 saturated carbocycles. The van der Waals surface area contributed by atoms with E-state index in [1.165, 1.54) is 0 Å². The van der Waals surface area contributed by atoms with Gasteiger partial charge in [-0.1, -0.05) is 6.92 Å². The predicted molar refractivity (Wildman–Crippen MR) is 63.1 cm³/mol. The second kappa shape index (κ2) is 5.96. The van der Waals surface area contributed by atoms with E-state index >= 15 is 0 Å². The van der Waals surface area contributed by atoms with Crippen LogP contribution in [0.2, 0.25) is 0 Å². The van der Waals surface area contributed by atoms with Crippen LogP contribution in [0.15, 0.2) is 0 Å². The topological polar surface area (TPSA) is 63.9 Å². The molecule has 0 bridgehead atoms. The second-order valence-electron chi connectivity index (χ2n) is 5.48. The molecule has 0 radical (unpaired) electrons. The number of hydrogen-bond acceptors (Lipinski definition) is 4. The van der Waals surface area contributed by atoms with Gasteiger partial charge in [0, 0.05) is 12.0 Å². The number of rotatable bonds is 5. The Morgan fingerprint density at radius 1 is 1.25 bits per heavy atom. The summed E-state index contributed by atoms with van der Waals surface area (Å²) in [4.78, 5) is 2.27. The molecule has 0 aromatic rings. The third kappa shape index (κ3) is 3.70. The van der Waals surface area contributed by atoms with Crippen LogP contribution in [0.5, 0.6) is 0 Å². The van der Waals surface area contributed by atoms with E-state index in [0.29, 0.717) is 5.92 Å². The van der Waals surface area contributed by atoms with E-state index in [9.17, 15) is 15.3 Å². The molecule has 1 fully saturated rings. The molecule has 1 unspecified atom stereocenters. The monoisotopic (exact) mass is 231 g/mol. The largest absolute Gasteiger partial charge is 0.396 e. The van der Waals surface area contributed by atoms with E-state index in [-0.39, 0.29) is 19.3 Å². The molecule has 0 aliphatic carbocycles. The summed E-state index contributed by atoms with van der Waals surface area (Å²) >= 11 is 0. The van der Waals surface area contributed by atoms with Crippen LogP contribution in [-0.4, -0.2) is 59.2 Å². The van der Waals surface area contributed by atoms with Gasteiger partial charge in [-0.15, -0.1) is 0 Å². The van der Waals surface area contributed by atoms with E-state index < -0.39 is 5.41 Å². The van der Waals surface area contributed by atoms with Gasteiger partial charge >= 0.3 is 0 Å². The standard InChI is InChI=1S/C12H25NO3/c1-10(16)11-3-5-13(6-4-11)7-12(2,8-14)9-15/h10-11,14-16H,3-9H2,1-2H3. The molecule has 0 amide bonds. The van der Waals surface area contributed by atoms with Crippen LogP contribution in [0.1, 0.15) is 26.7 Å². The van der Waals surface area contributed by atoms with Crippen molar-refractivity contribution in [1.29, 1.82) is 0 Å². The number of piperidine rings is 1. The zero-order chi connectivity index (χ0) is 12.2. The van der Waals surface area contributed by atoms with Gasteiger partial charge in [-0.2, -0.15) is 0 Å². The third-order valence-electron chi connectivity index (χ3n) is 3.68. The fraction of sp³-hybridized carbons (Fsp3) is 1.00. The van der Waals surface area contributed by atoms with Crippen LogP contribution in [0.4, 0.5) is 0 Å². The molecule has 1 heterocycles. The van der Waals surface area contributed by atoms with E-state index in [2.05, 4.69) is 4.90 Å². The van der Waals surface area contributed by atoms with Gasteiger partial charge in [-0.05, 0) is 38.8 Å². The summed E-state index contributed by atoms with van der Waals surface area (Å²) in [5, 5.41) is 27.9. The minimum atomic E-state index is -0.405. The van der Waals surface area contributed by atoms with Crippen molar-refractivity contribution in [3.05, 3.63) is 0 Å². The van der Waals surface area contributed by atoms with Crippen molar-refractivity contribution in [2.45, 2.75) is 32.8 Å². The second-order valence-corrected chi connectivity index (χ2v) is 5.48. The minimum absolute atomic E-state index is 0.0137. The average molecular weight is 231 g/mol. The smallest absolute Gasteiger partial charge is 0.0541 e. The summed E-state index contributed by atoms with van der Waals surface area (Å²) in [5.41, 5.74) is -0.405. The number of likely N-dealkylation sites (tertiary alicyclic amines) is 1. The summed E-state index contributed by atoms with van der Waals surface area (Å²) in [6.45, 7) is 6.40. The number of aliphatic hydroxyl groups excluding tert-OH is 3. The summed E-state index contributed by atoms with van der Waals surface area (Å²) in [6.07, 6.45) is 1.79. The van der Waals surface area contributed by atoms with Crippen LogP contribution in [0.25, 0.3) is 0 Å². The van der Waals surface area contributed by atoms with Gasteiger partial charge in [0.1, 0.15) is 0 Å². The van der Waals surface area contributed by atoms with Gasteiger partial charge in [-0.25, -0.2) is 0 Å². The highest BCUT2D eigenvalue weighted by Gasteiger charge is 2.29. The number of hydrogen-bond donors (Lipinski definition) is 3. The van der Waals surface area contributed by atoms with Crippen LogP contribution in [0.3, 0.4) is 0 Å². The summed E-state index contributed by atoms with van der Waals surface area (Å²) < 4.78 is 0. The fourth-order valence-electron chi connectivity index (χ4n) is 2.28. The molecule has 1 aliphatic rings. The highest BCUT2D eigenvalue weighted by Crippen LogP contribution is 2.24. The maximum absolute atomic E-state index is 9.49. The molecule has 4 nitrogen and oxygen atoms in total. The van der Waals surface area contributed by atoms with Gasteiger partial charge < -0.3 is 20.2 Å². The first kappa shape index (κ1) is 13.9. The van der Waals surface area contributed by atoms with Gasteiger partial charge in [0.25, 0.3) is 0 Å². The van der Waals surface area contributed by atoms with Crippen molar-refractivity contribution in [3.63, 3.8) is 0 Å². The van der Waals surface area contributed by atoms with E-state index in [4.69, 9.17) is 0 Å². The summed E-state index contributed by atoms with van der Waals surface area (Å²) in [7, 11) is 0. The molecule has 1 rings (SSSR count). The maximum Gasteiger partial charge on any atom is 0.0541 e. The molecule has 1 atom stereocenters. The first-order chi connectivity index (χ1) is 7.50. The number of aliphatic hydroxyl groups is 3. The Morgan fingerprint density at radius 3 is 2.12 bits per heavy atom. The SMILES string of the molecule is CC(O)C1CCN(CC(C)(CO)CO)CC1. The lowest BCUT2D eigenvalue weighted by Gasteiger charge is -2.38. The molecular weight excluding hydrogens is 206 g/mol. The summed E-state index contributed by atoms with van der Waals surface area (Å²) in [6, 6.07) is 0. The Labute approximate surface area is 97.9 Å². The Hall–Kier alpha value is -0.160. The first-order valence-corrected chi connectivity index (χ1v) is 6.13. The molecule has 0 aromatic heterocycles.